The standard InChI is InChI=1S/C10H12N4O.2ClH/c15-10(8-5-11-1-2-13-8)14-9-6-3-12-4-7(6)9;;/h1-2,5-7,9,12H,3-4H2,(H,14,15);2*1H. The average molecular weight is 277 g/mol. The number of rotatable bonds is 2. The van der Waals surface area contributed by atoms with Gasteiger partial charge in [-0.1, -0.05) is 0 Å². The van der Waals surface area contributed by atoms with Crippen LogP contribution >= 0.6 is 24.8 Å². The van der Waals surface area contributed by atoms with Crippen LogP contribution in [0.2, 0.25) is 0 Å². The first-order valence-electron chi connectivity index (χ1n) is 5.14. The van der Waals surface area contributed by atoms with Crippen LogP contribution in [0.1, 0.15) is 10.5 Å². The van der Waals surface area contributed by atoms with Crippen LogP contribution in [0.4, 0.5) is 0 Å². The summed E-state index contributed by atoms with van der Waals surface area (Å²) in [6, 6.07) is 0.348. The number of carbonyl (C=O) groups excluding carboxylic acids is 1. The van der Waals surface area contributed by atoms with E-state index in [1.807, 2.05) is 0 Å². The quantitative estimate of drug-likeness (QED) is 0.814. The lowest BCUT2D eigenvalue weighted by atomic mass is 10.3. The number of nitrogens with zero attached hydrogens (tertiary/aromatic N) is 2. The molecule has 2 aliphatic rings. The maximum absolute atomic E-state index is 11.7. The van der Waals surface area contributed by atoms with Gasteiger partial charge in [-0.05, 0) is 11.8 Å². The first-order valence-corrected chi connectivity index (χ1v) is 5.14. The van der Waals surface area contributed by atoms with E-state index in [2.05, 4.69) is 20.6 Å². The Balaban J connectivity index is 0.000000722. The third-order valence-corrected chi connectivity index (χ3v) is 3.19. The van der Waals surface area contributed by atoms with E-state index in [9.17, 15) is 4.79 Å². The predicted octanol–water partition coefficient (Wildman–Crippen LogP) is 0.268. The van der Waals surface area contributed by atoms with Gasteiger partial charge >= 0.3 is 0 Å². The average Bonchev–Trinajstić information content (AvgIpc) is 2.75. The molecule has 7 heteroatoms. The molecule has 2 heterocycles. The van der Waals surface area contributed by atoms with Gasteiger partial charge in [-0.15, -0.1) is 24.8 Å². The van der Waals surface area contributed by atoms with Crippen molar-refractivity contribution in [3.8, 4) is 0 Å². The Morgan fingerprint density at radius 2 is 2.00 bits per heavy atom. The zero-order valence-electron chi connectivity index (χ0n) is 9.00. The highest BCUT2D eigenvalue weighted by Crippen LogP contribution is 2.41. The molecule has 1 saturated carbocycles. The highest BCUT2D eigenvalue weighted by atomic mass is 35.5. The van der Waals surface area contributed by atoms with Crippen molar-refractivity contribution in [2.24, 2.45) is 11.8 Å². The number of amides is 1. The molecule has 0 bridgehead atoms. The second kappa shape index (κ2) is 5.62. The fraction of sp³-hybridized carbons (Fsp3) is 0.500. The molecular weight excluding hydrogens is 263 g/mol. The third kappa shape index (κ3) is 2.68. The van der Waals surface area contributed by atoms with E-state index in [4.69, 9.17) is 0 Å². The lowest BCUT2D eigenvalue weighted by Crippen LogP contribution is -2.33. The summed E-state index contributed by atoms with van der Waals surface area (Å²) in [5, 5.41) is 6.28. The summed E-state index contributed by atoms with van der Waals surface area (Å²) < 4.78 is 0. The molecule has 3 rings (SSSR count). The lowest BCUT2D eigenvalue weighted by Gasteiger charge is -2.06. The Bertz CT molecular complexity index is 379. The molecule has 1 amide bonds. The van der Waals surface area contributed by atoms with Gasteiger partial charge in [0, 0.05) is 31.5 Å². The number of halogens is 2. The van der Waals surface area contributed by atoms with Crippen molar-refractivity contribution in [2.75, 3.05) is 13.1 Å². The Morgan fingerprint density at radius 3 is 2.59 bits per heavy atom. The van der Waals surface area contributed by atoms with Gasteiger partial charge in [-0.3, -0.25) is 9.78 Å². The van der Waals surface area contributed by atoms with E-state index in [1.165, 1.54) is 12.4 Å². The van der Waals surface area contributed by atoms with E-state index in [0.29, 0.717) is 23.6 Å². The smallest absolute Gasteiger partial charge is 0.271 e. The maximum atomic E-state index is 11.7. The molecule has 0 aromatic carbocycles. The summed E-state index contributed by atoms with van der Waals surface area (Å²) >= 11 is 0. The molecule has 1 aromatic rings. The van der Waals surface area contributed by atoms with Crippen LogP contribution in [-0.2, 0) is 0 Å². The third-order valence-electron chi connectivity index (χ3n) is 3.19. The van der Waals surface area contributed by atoms with Crippen LogP contribution in [-0.4, -0.2) is 35.0 Å². The molecule has 1 saturated heterocycles. The molecule has 1 aliphatic heterocycles. The second-order valence-corrected chi connectivity index (χ2v) is 4.08. The number of fused-ring (bicyclic) bond motifs is 1. The number of hydrogen-bond acceptors (Lipinski definition) is 4. The van der Waals surface area contributed by atoms with Crippen molar-refractivity contribution in [1.82, 2.24) is 20.6 Å². The summed E-state index contributed by atoms with van der Waals surface area (Å²) in [5.74, 6) is 1.15. The SMILES string of the molecule is Cl.Cl.O=C(NC1C2CNCC21)c1cnccn1. The topological polar surface area (TPSA) is 66.9 Å². The highest BCUT2D eigenvalue weighted by Gasteiger charge is 2.53. The fourth-order valence-corrected chi connectivity index (χ4v) is 2.27. The lowest BCUT2D eigenvalue weighted by molar-refractivity contribution is 0.0941. The molecule has 1 aliphatic carbocycles. The van der Waals surface area contributed by atoms with Gasteiger partial charge in [-0.2, -0.15) is 0 Å². The summed E-state index contributed by atoms with van der Waals surface area (Å²) in [6.07, 6.45) is 4.59. The highest BCUT2D eigenvalue weighted by molar-refractivity contribution is 5.92. The van der Waals surface area contributed by atoms with Crippen molar-refractivity contribution in [1.29, 1.82) is 0 Å². The van der Waals surface area contributed by atoms with Crippen LogP contribution in [0, 0.1) is 11.8 Å². The van der Waals surface area contributed by atoms with E-state index in [0.717, 1.165) is 13.1 Å². The number of aromatic nitrogens is 2. The largest absolute Gasteiger partial charge is 0.347 e. The van der Waals surface area contributed by atoms with Crippen molar-refractivity contribution < 1.29 is 4.79 Å². The minimum absolute atomic E-state index is 0. The molecule has 1 aromatic heterocycles. The van der Waals surface area contributed by atoms with Gasteiger partial charge in [0.05, 0.1) is 6.20 Å². The molecule has 0 radical (unpaired) electrons. The molecule has 2 unspecified atom stereocenters. The van der Waals surface area contributed by atoms with E-state index >= 15 is 0 Å². The zero-order valence-corrected chi connectivity index (χ0v) is 10.6. The van der Waals surface area contributed by atoms with Crippen LogP contribution in [0.25, 0.3) is 0 Å². The van der Waals surface area contributed by atoms with E-state index in [1.54, 1.807) is 6.20 Å². The van der Waals surface area contributed by atoms with Gasteiger partial charge in [0.1, 0.15) is 5.69 Å². The fourth-order valence-electron chi connectivity index (χ4n) is 2.27. The van der Waals surface area contributed by atoms with Crippen LogP contribution in [0.15, 0.2) is 18.6 Å². The Hall–Kier alpha value is -0.910. The molecular formula is C10H14Cl2N4O. The maximum Gasteiger partial charge on any atom is 0.271 e. The molecule has 2 atom stereocenters. The molecule has 2 N–H and O–H groups in total. The van der Waals surface area contributed by atoms with Gasteiger partial charge in [0.15, 0.2) is 0 Å². The normalized spacial score (nSPS) is 28.4. The van der Waals surface area contributed by atoms with Crippen molar-refractivity contribution in [3.05, 3.63) is 24.3 Å². The van der Waals surface area contributed by atoms with Crippen LogP contribution in [0.3, 0.4) is 0 Å². The number of hydrogen-bond donors (Lipinski definition) is 2. The van der Waals surface area contributed by atoms with Gasteiger partial charge in [-0.25, -0.2) is 4.98 Å². The van der Waals surface area contributed by atoms with Crippen LogP contribution in [0.5, 0.6) is 0 Å². The molecule has 17 heavy (non-hydrogen) atoms. The molecule has 2 fully saturated rings. The number of carbonyl (C=O) groups is 1. The van der Waals surface area contributed by atoms with E-state index in [-0.39, 0.29) is 30.7 Å². The second-order valence-electron chi connectivity index (χ2n) is 4.08. The van der Waals surface area contributed by atoms with Gasteiger partial charge in [0.25, 0.3) is 5.91 Å². The number of piperidine rings is 1. The first-order chi connectivity index (χ1) is 7.36. The zero-order chi connectivity index (χ0) is 10.3. The molecule has 94 valence electrons. The Labute approximate surface area is 112 Å². The van der Waals surface area contributed by atoms with Gasteiger partial charge in [0.2, 0.25) is 0 Å². The van der Waals surface area contributed by atoms with Crippen molar-refractivity contribution >= 4 is 30.7 Å². The minimum Gasteiger partial charge on any atom is -0.347 e. The summed E-state index contributed by atoms with van der Waals surface area (Å²) in [6.45, 7) is 2.05. The molecule has 5 nitrogen and oxygen atoms in total. The minimum atomic E-state index is -0.109. The van der Waals surface area contributed by atoms with Crippen LogP contribution < -0.4 is 10.6 Å². The van der Waals surface area contributed by atoms with E-state index < -0.39 is 0 Å². The summed E-state index contributed by atoms with van der Waals surface area (Å²) in [7, 11) is 0. The summed E-state index contributed by atoms with van der Waals surface area (Å²) in [4.78, 5) is 19.5. The monoisotopic (exact) mass is 276 g/mol. The predicted molar refractivity (Wildman–Crippen MR) is 67.6 cm³/mol. The summed E-state index contributed by atoms with van der Waals surface area (Å²) in [5.41, 5.74) is 0.399. The van der Waals surface area contributed by atoms with Gasteiger partial charge < -0.3 is 10.6 Å². The van der Waals surface area contributed by atoms with Crippen molar-refractivity contribution in [3.63, 3.8) is 0 Å². The first kappa shape index (κ1) is 14.2. The Morgan fingerprint density at radius 1 is 1.29 bits per heavy atom. The van der Waals surface area contributed by atoms with Crippen molar-refractivity contribution in [2.45, 2.75) is 6.04 Å². The molecule has 0 spiro atoms. The Kier molecular flexibility index (Phi) is 4.68. The number of nitrogens with one attached hydrogen (secondary N) is 2.